The fraction of sp³-hybridized carbons (Fsp3) is 0.421. The summed E-state index contributed by atoms with van der Waals surface area (Å²) in [6, 6.07) is 32.0. The third-order valence-corrected chi connectivity index (χ3v) is 27.3. The Hall–Kier alpha value is -6.12. The number of ether oxygens (including phenoxy) is 1. The van der Waals surface area contributed by atoms with Crippen molar-refractivity contribution in [2.45, 2.75) is 156 Å². The first-order chi connectivity index (χ1) is 45.1. The number of aromatic hydroxyl groups is 4. The Bertz CT molecular complexity index is 4360. The fourth-order valence-corrected chi connectivity index (χ4v) is 23.4. The van der Waals surface area contributed by atoms with Crippen LogP contribution in [0.15, 0.2) is 106 Å². The number of carbonyl (C=O) groups is 1. The quantitative estimate of drug-likeness (QED) is 0.0676. The van der Waals surface area contributed by atoms with Crippen LogP contribution in [0.5, 0.6) is 28.7 Å². The van der Waals surface area contributed by atoms with Gasteiger partial charge in [0.05, 0.1) is 22.5 Å². The van der Waals surface area contributed by atoms with Gasteiger partial charge in [0.2, 0.25) is 11.2 Å². The van der Waals surface area contributed by atoms with Gasteiger partial charge in [-0.15, -0.1) is 0 Å². The molecule has 0 radical (unpaired) electrons. The number of ketones is 1. The molecule has 17 heteroatoms. The van der Waals surface area contributed by atoms with Crippen LogP contribution in [0.4, 0.5) is 0 Å². The van der Waals surface area contributed by atoms with E-state index in [1.165, 1.54) is 6.07 Å². The molecular formula is C76H79NO12S4. The highest BCUT2D eigenvalue weighted by atomic mass is 33.1. The molecule has 2 aliphatic carbocycles. The largest absolute Gasteiger partial charge is 0.508 e. The van der Waals surface area contributed by atoms with Gasteiger partial charge in [0.25, 0.3) is 0 Å². The van der Waals surface area contributed by atoms with Gasteiger partial charge in [-0.3, -0.25) is 9.59 Å². The maximum Gasteiger partial charge on any atom is 0.238 e. The Labute approximate surface area is 557 Å². The minimum absolute atomic E-state index is 0.000999. The number of phenolic OH excluding ortho intramolecular Hbond substituents is 3. The minimum Gasteiger partial charge on any atom is -0.508 e. The van der Waals surface area contributed by atoms with E-state index < -0.39 is 40.2 Å². The molecule has 0 saturated carbocycles. The molecule has 9 N–H and O–H groups in total. The van der Waals surface area contributed by atoms with E-state index in [1.54, 1.807) is 49.2 Å². The minimum atomic E-state index is -1.20. The number of phenols is 3. The van der Waals surface area contributed by atoms with E-state index in [9.17, 15) is 45.6 Å². The molecule has 12 heterocycles. The second kappa shape index (κ2) is 25.5. The zero-order valence-electron chi connectivity index (χ0n) is 52.3. The molecule has 13 aliphatic rings. The van der Waals surface area contributed by atoms with Crippen LogP contribution in [-0.4, -0.2) is 95.7 Å². The number of piperidine rings is 1. The van der Waals surface area contributed by atoms with Crippen molar-refractivity contribution < 1.29 is 54.8 Å². The van der Waals surface area contributed by atoms with E-state index in [4.69, 9.17) is 9.15 Å². The van der Waals surface area contributed by atoms with Crippen LogP contribution in [0.25, 0.3) is 44.2 Å². The zero-order chi connectivity index (χ0) is 64.1. The average Bonchev–Trinajstić information content (AvgIpc) is 0.874. The molecule has 484 valence electrons. The molecule has 2 saturated heterocycles. The van der Waals surface area contributed by atoms with Gasteiger partial charge in [0, 0.05) is 78.4 Å². The normalized spacial score (nSPS) is 25.8. The van der Waals surface area contributed by atoms with Gasteiger partial charge in [-0.05, 0) is 202 Å². The number of hydrogen-bond acceptors (Lipinski definition) is 17. The first-order valence-corrected chi connectivity index (χ1v) is 37.9. The lowest BCUT2D eigenvalue weighted by atomic mass is 9.62. The fourth-order valence-electron chi connectivity index (χ4n) is 17.1. The molecular weight excluding hydrogens is 1250 g/mol. The van der Waals surface area contributed by atoms with Gasteiger partial charge >= 0.3 is 0 Å². The number of hydrogen-bond donors (Lipinski definition) is 9. The van der Waals surface area contributed by atoms with Crippen LogP contribution in [0.3, 0.4) is 0 Å². The maximum absolute atomic E-state index is 16.0. The topological polar surface area (TPSA) is 230 Å². The van der Waals surface area contributed by atoms with Crippen molar-refractivity contribution in [3.05, 3.63) is 180 Å². The number of carbonyl (C=O) groups excluding carboxylic acids is 1. The van der Waals surface area contributed by atoms with Gasteiger partial charge in [-0.1, -0.05) is 130 Å². The molecule has 21 rings (SSSR count). The maximum atomic E-state index is 16.0. The molecule has 10 atom stereocenters. The van der Waals surface area contributed by atoms with Crippen LogP contribution in [0.2, 0.25) is 0 Å². The Morgan fingerprint density at radius 1 is 0.742 bits per heavy atom. The summed E-state index contributed by atoms with van der Waals surface area (Å²) in [5, 5.41) is 105. The van der Waals surface area contributed by atoms with Crippen molar-refractivity contribution >= 4 is 70.7 Å². The van der Waals surface area contributed by atoms with E-state index in [0.717, 1.165) is 69.1 Å². The standard InChI is InChI=1S/C76H79NO12S4/c1-38(2)21-48-31-53-56-37-91-92-63-29-43(36-77-69(63)46-10-4-9-41(24-46)27-52(56)70(48)84)23-39-7-3-8-40(22-39)25-49(80)26-42-13-14-47(59(82)28-42)35-76-57-16-15-45-30-44(11-5-18-78)50(17-19-79)51-32-54-65(67(57)64(45)51)55(75(76)87)33-61(58(81)12-6-20-90-93-76)88-74-66(54)60(83)34-62-68(74)71(85)72(86)73(53)89-62/h3-4,7-10,13-16,22,24,28,31-32,34,38,43-44,50,55,58,61,63,69,75,77-79,81-84,86-87H,5-6,11-12,17-21,23,25-27,29-30,33,35-37H2,1-2H3/t43-,44+,50-,55+,58+,61+,63-,69-,75+,76-/m0/s1. The SMILES string of the molecule is CC(C)Cc1cc2c3c(c1O)Cc1cccc(c1)[C@@H]1NC[C@@H](Cc4cccc(c4)CC(=O)Cc4ccc(c(O)c4)C[C@]45SSCCC[C@@H](O)[C@H]6C[C@H](c7c(cc8c9c(ccc4c79)C[C@@H](CCCO)[C@@H]8CCO)-c4c(O)cc7oc-2c(O)c(=O)c7c4O6)[C@H]5O)C[C@@H]1SSC3. The number of rotatable bonds is 7. The number of nitrogens with one attached hydrogen (secondary N) is 1. The number of aliphatic hydroxyl groups is 4. The van der Waals surface area contributed by atoms with Gasteiger partial charge in [0.15, 0.2) is 5.76 Å². The molecule has 13 nitrogen and oxygen atoms in total. The highest BCUT2D eigenvalue weighted by Gasteiger charge is 2.54. The lowest BCUT2D eigenvalue weighted by Gasteiger charge is -2.49. The molecule has 1 spiro atoms. The molecule has 93 heavy (non-hydrogen) atoms. The third-order valence-electron chi connectivity index (χ3n) is 21.3. The van der Waals surface area contributed by atoms with E-state index in [1.807, 2.05) is 36.4 Å². The van der Waals surface area contributed by atoms with Crippen molar-refractivity contribution in [2.24, 2.45) is 17.8 Å². The summed E-state index contributed by atoms with van der Waals surface area (Å²) in [6.45, 7) is 4.82. The zero-order valence-corrected chi connectivity index (χ0v) is 55.6. The van der Waals surface area contributed by atoms with Crippen molar-refractivity contribution in [2.75, 3.05) is 25.5 Å². The van der Waals surface area contributed by atoms with E-state index in [2.05, 4.69) is 67.7 Å². The molecule has 2 fully saturated rings. The first kappa shape index (κ1) is 63.0. The summed E-state index contributed by atoms with van der Waals surface area (Å²) in [6.07, 6.45) is 2.86. The number of Topliss-reactive ketones (excluding diaryl/α,β-unsaturated/α-hetero) is 1. The average molecular weight is 1330 g/mol. The van der Waals surface area contributed by atoms with E-state index in [0.29, 0.717) is 107 Å². The van der Waals surface area contributed by atoms with Gasteiger partial charge in [-0.2, -0.15) is 0 Å². The Kier molecular flexibility index (Phi) is 17.2. The van der Waals surface area contributed by atoms with E-state index >= 15 is 4.79 Å². The summed E-state index contributed by atoms with van der Waals surface area (Å²) in [4.78, 5) is 30.1. The Morgan fingerprint density at radius 3 is 2.34 bits per heavy atom. The Balaban J connectivity index is 1.00. The second-order valence-corrected chi connectivity index (χ2v) is 33.1. The van der Waals surface area contributed by atoms with Crippen molar-refractivity contribution in [3.8, 4) is 51.2 Å². The molecule has 11 aliphatic heterocycles. The molecule has 0 unspecified atom stereocenters. The summed E-state index contributed by atoms with van der Waals surface area (Å²) in [5.74, 6) is -0.623. The van der Waals surface area contributed by atoms with Crippen molar-refractivity contribution in [3.63, 3.8) is 0 Å². The smallest absolute Gasteiger partial charge is 0.238 e. The summed E-state index contributed by atoms with van der Waals surface area (Å²) in [7, 11) is 6.62. The lowest BCUT2D eigenvalue weighted by Crippen LogP contribution is -2.48. The molecule has 7 aromatic carbocycles. The van der Waals surface area contributed by atoms with Crippen LogP contribution in [-0.2, 0) is 60.2 Å². The molecule has 20 bridgehead atoms. The molecule has 0 amide bonds. The number of fused-ring (bicyclic) bond motifs is 4. The van der Waals surface area contributed by atoms with Crippen LogP contribution < -0.4 is 15.5 Å². The molecule has 1 aromatic heterocycles. The third kappa shape index (κ3) is 11.2. The number of benzene rings is 7. The second-order valence-electron chi connectivity index (χ2n) is 27.8. The van der Waals surface area contributed by atoms with Gasteiger partial charge in [-0.25, -0.2) is 0 Å². The van der Waals surface area contributed by atoms with Crippen molar-refractivity contribution in [1.29, 1.82) is 0 Å². The summed E-state index contributed by atoms with van der Waals surface area (Å²) >= 11 is 0. The van der Waals surface area contributed by atoms with Crippen LogP contribution in [0.1, 0.15) is 149 Å². The van der Waals surface area contributed by atoms with Gasteiger partial charge in [0.1, 0.15) is 45.9 Å². The molecule has 8 aromatic rings. The van der Waals surface area contributed by atoms with Crippen LogP contribution >= 0.6 is 43.2 Å². The predicted octanol–water partition coefficient (Wildman–Crippen LogP) is 13.7. The lowest BCUT2D eigenvalue weighted by molar-refractivity contribution is -0.117. The summed E-state index contributed by atoms with van der Waals surface area (Å²) < 4.78 is 13.1. The Morgan fingerprint density at radius 2 is 1.54 bits per heavy atom. The monoisotopic (exact) mass is 1330 g/mol. The summed E-state index contributed by atoms with van der Waals surface area (Å²) in [5.41, 5.74) is 11.2. The highest BCUT2D eigenvalue weighted by Crippen LogP contribution is 2.64. The predicted molar refractivity (Wildman–Crippen MR) is 372 cm³/mol. The van der Waals surface area contributed by atoms with E-state index in [-0.39, 0.29) is 125 Å². The number of aliphatic hydroxyl groups excluding tert-OH is 4. The van der Waals surface area contributed by atoms with Crippen molar-refractivity contribution in [1.82, 2.24) is 5.32 Å². The highest BCUT2D eigenvalue weighted by molar-refractivity contribution is 8.77. The van der Waals surface area contributed by atoms with Crippen LogP contribution in [0, 0.1) is 17.8 Å². The van der Waals surface area contributed by atoms with Gasteiger partial charge < -0.3 is 55.3 Å². The first-order valence-electron chi connectivity index (χ1n) is 33.2.